The fourth-order valence-electron chi connectivity index (χ4n) is 19.7. The van der Waals surface area contributed by atoms with Crippen molar-refractivity contribution < 1.29 is 0 Å². The van der Waals surface area contributed by atoms with Gasteiger partial charge < -0.3 is 0 Å². The molecule has 0 spiro atoms. The predicted molar refractivity (Wildman–Crippen MR) is 255 cm³/mol. The van der Waals surface area contributed by atoms with Crippen molar-refractivity contribution >= 4 is 0 Å². The molecule has 0 aromatic rings. The van der Waals surface area contributed by atoms with E-state index in [9.17, 15) is 0 Å². The normalized spacial score (nSPS) is 49.7. The van der Waals surface area contributed by atoms with E-state index < -0.39 is 0 Å². The lowest BCUT2D eigenvalue weighted by Crippen LogP contribution is -2.73. The van der Waals surface area contributed by atoms with Crippen LogP contribution in [0, 0.1) is 106 Å². The second kappa shape index (κ2) is 18.9. The third-order valence-corrected chi connectivity index (χ3v) is 22.7. The number of hydrogen-bond donors (Lipinski definition) is 3. The average molecular weight is 834 g/mol. The van der Waals surface area contributed by atoms with E-state index in [1.807, 2.05) is 0 Å². The second-order valence-corrected chi connectivity index (χ2v) is 25.9. The molecule has 10 aliphatic carbocycles. The fourth-order valence-corrected chi connectivity index (χ4v) is 19.7. The molecule has 61 heavy (non-hydrogen) atoms. The first-order chi connectivity index (χ1) is 30.0. The number of rotatable bonds is 7. The van der Waals surface area contributed by atoms with Crippen molar-refractivity contribution in [2.75, 3.05) is 0 Å². The Hall–Kier alpha value is -0.640. The zero-order chi connectivity index (χ0) is 40.9. The Balaban J connectivity index is 0.798. The number of fused-ring (bicyclic) bond motifs is 4. The maximum absolute atomic E-state index is 4.50. The van der Waals surface area contributed by atoms with Gasteiger partial charge in [-0.15, -0.1) is 0 Å². The molecule has 1 aliphatic heterocycles. The Bertz CT molecular complexity index is 1490. The Morgan fingerprint density at radius 1 is 0.377 bits per heavy atom. The summed E-state index contributed by atoms with van der Waals surface area (Å²) in [6.07, 6.45) is 58.8. The molecule has 342 valence electrons. The molecule has 1 heterocycles. The molecule has 3 nitrogen and oxygen atoms in total. The summed E-state index contributed by atoms with van der Waals surface area (Å²) < 4.78 is 0. The lowest BCUT2D eigenvalue weighted by molar-refractivity contribution is 0.00776. The summed E-state index contributed by atoms with van der Waals surface area (Å²) in [6.45, 7) is 5.37. The van der Waals surface area contributed by atoms with Gasteiger partial charge in [-0.25, -0.2) is 0 Å². The monoisotopic (exact) mass is 834 g/mol. The third kappa shape index (κ3) is 8.87. The summed E-state index contributed by atoms with van der Waals surface area (Å²) in [7, 11) is 0. The summed E-state index contributed by atoms with van der Waals surface area (Å²) in [5.41, 5.74) is 0.513. The first kappa shape index (κ1) is 43.0. The lowest BCUT2D eigenvalue weighted by atomic mass is 9.57. The standard InChI is InChI=1S/C58H95N3/c1-58(2)52-28-12-11-26-51(52)54-50(27-15-29-53(54)58)45-25-14-23-43(33-45)42-22-13-24-44(32-42)48-35-47(38-16-5-3-6-17-38)36-49(37-48)57-60-55(40-19-7-4-8-20-40)59-56(61-57)46-31-30-39-18-9-10-21-41(39)34-46/h12-13,24,28,38-57,59-61H,3-11,14-23,25-27,29-37H2,1-2H3/t39?,41?,42?,43?,44?,45?,46?,47?,48?,49?,50?,51?,52-,53?,54?,55?,56?,57?/m1/s1. The minimum absolute atomic E-state index is 0.498. The van der Waals surface area contributed by atoms with Crippen LogP contribution in [0.3, 0.4) is 0 Å². The Morgan fingerprint density at radius 3 is 1.74 bits per heavy atom. The molecule has 0 aromatic carbocycles. The van der Waals surface area contributed by atoms with E-state index in [0.717, 1.165) is 101 Å². The van der Waals surface area contributed by atoms with Crippen molar-refractivity contribution in [2.24, 2.45) is 106 Å². The van der Waals surface area contributed by atoms with Crippen LogP contribution in [-0.4, -0.2) is 18.5 Å². The van der Waals surface area contributed by atoms with E-state index in [2.05, 4.69) is 54.1 Å². The largest absolute Gasteiger partial charge is 0.286 e. The van der Waals surface area contributed by atoms with Gasteiger partial charge in [0, 0.05) is 0 Å². The van der Waals surface area contributed by atoms with Gasteiger partial charge in [-0.2, -0.15) is 0 Å². The first-order valence-corrected chi connectivity index (χ1v) is 28.6. The Kier molecular flexibility index (Phi) is 13.3. The molecule has 3 heteroatoms. The maximum Gasteiger partial charge on any atom is 0.0624 e. The summed E-state index contributed by atoms with van der Waals surface area (Å²) in [4.78, 5) is 0. The predicted octanol–water partition coefficient (Wildman–Crippen LogP) is 14.6. The fraction of sp³-hybridized carbons (Fsp3) is 0.931. The highest BCUT2D eigenvalue weighted by molar-refractivity contribution is 5.15. The molecule has 3 N–H and O–H groups in total. The summed E-state index contributed by atoms with van der Waals surface area (Å²) in [6, 6.07) is 0. The molecule has 11 aliphatic rings. The molecule has 18 atom stereocenters. The van der Waals surface area contributed by atoms with Crippen LogP contribution < -0.4 is 16.0 Å². The summed E-state index contributed by atoms with van der Waals surface area (Å²) in [5.74, 6) is 16.0. The van der Waals surface area contributed by atoms with Gasteiger partial charge in [0.2, 0.25) is 0 Å². The van der Waals surface area contributed by atoms with E-state index in [4.69, 9.17) is 0 Å². The molecule has 1 saturated heterocycles. The van der Waals surface area contributed by atoms with Crippen LogP contribution in [-0.2, 0) is 0 Å². The van der Waals surface area contributed by atoms with Gasteiger partial charge in [0.15, 0.2) is 0 Å². The van der Waals surface area contributed by atoms with Gasteiger partial charge in [-0.05, 0) is 202 Å². The molecule has 0 aromatic heterocycles. The molecule has 0 amide bonds. The van der Waals surface area contributed by atoms with Gasteiger partial charge in [0.05, 0.1) is 18.5 Å². The van der Waals surface area contributed by atoms with Gasteiger partial charge in [-0.3, -0.25) is 16.0 Å². The van der Waals surface area contributed by atoms with Crippen molar-refractivity contribution in [3.05, 3.63) is 24.3 Å². The number of allylic oxidation sites excluding steroid dienone is 4. The van der Waals surface area contributed by atoms with E-state index >= 15 is 0 Å². The Morgan fingerprint density at radius 2 is 0.934 bits per heavy atom. The van der Waals surface area contributed by atoms with Crippen molar-refractivity contribution in [1.82, 2.24) is 16.0 Å². The minimum atomic E-state index is 0.498. The third-order valence-electron chi connectivity index (χ3n) is 22.7. The molecule has 11 rings (SSSR count). The first-order valence-electron chi connectivity index (χ1n) is 28.6. The smallest absolute Gasteiger partial charge is 0.0624 e. The topological polar surface area (TPSA) is 36.1 Å². The Labute approximate surface area is 376 Å². The molecule has 8 saturated carbocycles. The summed E-state index contributed by atoms with van der Waals surface area (Å²) >= 11 is 0. The summed E-state index contributed by atoms with van der Waals surface area (Å²) in [5, 5.41) is 13.3. The quantitative estimate of drug-likeness (QED) is 0.224. The van der Waals surface area contributed by atoms with Crippen molar-refractivity contribution in [3.8, 4) is 0 Å². The molecule has 0 bridgehead atoms. The van der Waals surface area contributed by atoms with Crippen molar-refractivity contribution in [3.63, 3.8) is 0 Å². The van der Waals surface area contributed by atoms with Crippen LogP contribution in [0.5, 0.6) is 0 Å². The van der Waals surface area contributed by atoms with Crippen LogP contribution in [0.15, 0.2) is 24.3 Å². The molecule has 9 fully saturated rings. The molecular weight excluding hydrogens is 739 g/mol. The minimum Gasteiger partial charge on any atom is -0.286 e. The zero-order valence-corrected chi connectivity index (χ0v) is 39.8. The van der Waals surface area contributed by atoms with Gasteiger partial charge in [0.25, 0.3) is 0 Å². The van der Waals surface area contributed by atoms with Crippen LogP contribution in [0.25, 0.3) is 0 Å². The molecular formula is C58H95N3. The number of hydrogen-bond acceptors (Lipinski definition) is 3. The van der Waals surface area contributed by atoms with E-state index in [1.165, 1.54) is 173 Å². The SMILES string of the molecule is CC1(C)C2CCCC(C3CCCC(C4CC=CC(C5CC(C6CCCCC6)CC(C6NC(C7CCCCC7)NC(C7CCC8CCCCC8C7)N6)C5)C4)C3)C2C2CCC=C[C@H]21. The molecule has 0 radical (unpaired) electrons. The highest BCUT2D eigenvalue weighted by atomic mass is 15.4. The number of nitrogens with one attached hydrogen (secondary N) is 3. The lowest BCUT2D eigenvalue weighted by Gasteiger charge is -2.52. The maximum atomic E-state index is 4.50. The van der Waals surface area contributed by atoms with E-state index in [1.54, 1.807) is 25.7 Å². The van der Waals surface area contributed by atoms with Crippen LogP contribution in [0.1, 0.15) is 213 Å². The second-order valence-electron chi connectivity index (χ2n) is 25.9. The van der Waals surface area contributed by atoms with Crippen LogP contribution in [0.2, 0.25) is 0 Å². The van der Waals surface area contributed by atoms with Gasteiger partial charge in [0.1, 0.15) is 0 Å². The van der Waals surface area contributed by atoms with Gasteiger partial charge in [-0.1, -0.05) is 141 Å². The van der Waals surface area contributed by atoms with Gasteiger partial charge >= 0.3 is 0 Å². The van der Waals surface area contributed by atoms with E-state index in [0.29, 0.717) is 23.9 Å². The zero-order valence-electron chi connectivity index (χ0n) is 39.8. The van der Waals surface area contributed by atoms with Crippen LogP contribution in [0.4, 0.5) is 0 Å². The molecule has 17 unspecified atom stereocenters. The van der Waals surface area contributed by atoms with Crippen molar-refractivity contribution in [2.45, 2.75) is 231 Å². The van der Waals surface area contributed by atoms with E-state index in [-0.39, 0.29) is 0 Å². The highest BCUT2D eigenvalue weighted by Crippen LogP contribution is 2.65. The average Bonchev–Trinajstić information content (AvgIpc) is 3.57. The van der Waals surface area contributed by atoms with Crippen LogP contribution >= 0.6 is 0 Å². The van der Waals surface area contributed by atoms with Crippen molar-refractivity contribution in [1.29, 1.82) is 0 Å². The highest BCUT2D eigenvalue weighted by Gasteiger charge is 2.58.